The van der Waals surface area contributed by atoms with Gasteiger partial charge >= 0.3 is 0 Å². The molecule has 1 aliphatic rings. The number of nitrogens with zero attached hydrogens (tertiary/aromatic N) is 1. The van der Waals surface area contributed by atoms with Crippen LogP contribution in [0.25, 0.3) is 0 Å². The topological polar surface area (TPSA) is 29.3 Å². The molecule has 0 bridgehead atoms. The molecule has 2 atom stereocenters. The van der Waals surface area contributed by atoms with Crippen LogP contribution in [0.3, 0.4) is 0 Å². The van der Waals surface area contributed by atoms with Gasteiger partial charge in [0.2, 0.25) is 0 Å². The fraction of sp³-hybridized carbons (Fsp3) is 0.538. The number of benzene rings is 1. The van der Waals surface area contributed by atoms with Crippen LogP contribution < -0.4 is 10.6 Å². The lowest BCUT2D eigenvalue weighted by molar-refractivity contribution is 0.537. The van der Waals surface area contributed by atoms with Crippen molar-refractivity contribution in [2.24, 2.45) is 5.73 Å². The summed E-state index contributed by atoms with van der Waals surface area (Å²) in [6, 6.07) is 5.45. The van der Waals surface area contributed by atoms with Crippen LogP contribution in [0.4, 0.5) is 10.1 Å². The monoisotopic (exact) mass is 222 g/mol. The van der Waals surface area contributed by atoms with Gasteiger partial charge in [0.05, 0.1) is 0 Å². The lowest BCUT2D eigenvalue weighted by atomic mass is 9.94. The first kappa shape index (κ1) is 11.4. The highest BCUT2D eigenvalue weighted by Crippen LogP contribution is 2.39. The predicted octanol–water partition coefficient (Wildman–Crippen LogP) is 2.49. The summed E-state index contributed by atoms with van der Waals surface area (Å²) in [6.45, 7) is 5.90. The standard InChI is InChI=1S/C13H19FN2/c1-3-16-8-10(7-9(2)15)13-11(14)5-4-6-12(13)16/h4-6,9-10H,3,7-8,15H2,1-2H3. The zero-order valence-corrected chi connectivity index (χ0v) is 9.91. The minimum atomic E-state index is -0.0842. The third-order valence-electron chi connectivity index (χ3n) is 3.26. The van der Waals surface area contributed by atoms with Gasteiger partial charge in [-0.15, -0.1) is 0 Å². The van der Waals surface area contributed by atoms with Gasteiger partial charge in [-0.2, -0.15) is 0 Å². The molecular formula is C13H19FN2. The third kappa shape index (κ3) is 1.92. The first-order chi connectivity index (χ1) is 7.63. The number of likely N-dealkylation sites (N-methyl/N-ethyl adjacent to an activating group) is 1. The molecule has 2 unspecified atom stereocenters. The summed E-state index contributed by atoms with van der Waals surface area (Å²) in [4.78, 5) is 2.23. The van der Waals surface area contributed by atoms with Gasteiger partial charge in [0.15, 0.2) is 0 Å². The molecule has 0 radical (unpaired) electrons. The molecule has 2 rings (SSSR count). The molecule has 1 aromatic carbocycles. The van der Waals surface area contributed by atoms with Gasteiger partial charge in [-0.25, -0.2) is 4.39 Å². The van der Waals surface area contributed by atoms with E-state index in [9.17, 15) is 4.39 Å². The maximum absolute atomic E-state index is 13.8. The first-order valence-electron chi connectivity index (χ1n) is 5.92. The molecule has 0 amide bonds. The van der Waals surface area contributed by atoms with Gasteiger partial charge in [-0.1, -0.05) is 6.07 Å². The van der Waals surface area contributed by atoms with Gasteiger partial charge in [0.25, 0.3) is 0 Å². The molecule has 0 saturated heterocycles. The highest BCUT2D eigenvalue weighted by molar-refractivity contribution is 5.60. The number of nitrogens with two attached hydrogens (primary N) is 1. The Morgan fingerprint density at radius 2 is 2.31 bits per heavy atom. The van der Waals surface area contributed by atoms with E-state index in [1.54, 1.807) is 12.1 Å². The Balaban J connectivity index is 2.35. The van der Waals surface area contributed by atoms with Crippen LogP contribution in [0.5, 0.6) is 0 Å². The van der Waals surface area contributed by atoms with Crippen LogP contribution in [0, 0.1) is 5.82 Å². The largest absolute Gasteiger partial charge is 0.371 e. The molecule has 0 aromatic heterocycles. The van der Waals surface area contributed by atoms with Gasteiger partial charge in [0.1, 0.15) is 5.82 Å². The molecule has 2 N–H and O–H groups in total. The molecule has 16 heavy (non-hydrogen) atoms. The minimum absolute atomic E-state index is 0.0842. The van der Waals surface area contributed by atoms with Crippen molar-refractivity contribution in [2.45, 2.75) is 32.2 Å². The molecule has 0 aliphatic carbocycles. The van der Waals surface area contributed by atoms with Gasteiger partial charge < -0.3 is 10.6 Å². The van der Waals surface area contributed by atoms with E-state index in [0.717, 1.165) is 30.8 Å². The summed E-state index contributed by atoms with van der Waals surface area (Å²) in [5.74, 6) is 0.162. The van der Waals surface area contributed by atoms with Crippen LogP contribution in [0.1, 0.15) is 31.7 Å². The molecule has 0 fully saturated rings. The number of halogens is 1. The number of fused-ring (bicyclic) bond motifs is 1. The molecule has 1 heterocycles. The Kier molecular flexibility index (Phi) is 3.15. The van der Waals surface area contributed by atoms with Gasteiger partial charge in [0, 0.05) is 36.3 Å². The lowest BCUT2D eigenvalue weighted by Gasteiger charge is -2.17. The summed E-state index contributed by atoms with van der Waals surface area (Å²) in [7, 11) is 0. The van der Waals surface area contributed by atoms with Crippen LogP contribution in [0.2, 0.25) is 0 Å². The van der Waals surface area contributed by atoms with Crippen molar-refractivity contribution in [3.05, 3.63) is 29.6 Å². The molecule has 1 aliphatic heterocycles. The minimum Gasteiger partial charge on any atom is -0.371 e. The smallest absolute Gasteiger partial charge is 0.128 e. The Labute approximate surface area is 96.2 Å². The number of rotatable bonds is 3. The normalized spacial score (nSPS) is 21.0. The zero-order valence-electron chi connectivity index (χ0n) is 9.91. The second kappa shape index (κ2) is 4.42. The molecule has 88 valence electrons. The van der Waals surface area contributed by atoms with E-state index < -0.39 is 0 Å². The molecule has 0 spiro atoms. The summed E-state index contributed by atoms with van der Waals surface area (Å²) in [5.41, 5.74) is 7.74. The van der Waals surface area contributed by atoms with E-state index in [-0.39, 0.29) is 17.8 Å². The summed E-state index contributed by atoms with van der Waals surface area (Å²) in [6.07, 6.45) is 0.852. The van der Waals surface area contributed by atoms with E-state index in [4.69, 9.17) is 5.73 Å². The molecular weight excluding hydrogens is 203 g/mol. The SMILES string of the molecule is CCN1CC(CC(C)N)c2c(F)cccc21. The Morgan fingerprint density at radius 1 is 1.56 bits per heavy atom. The second-order valence-corrected chi connectivity index (χ2v) is 4.62. The highest BCUT2D eigenvalue weighted by atomic mass is 19.1. The van der Waals surface area contributed by atoms with Crippen LogP contribution in [-0.2, 0) is 0 Å². The Morgan fingerprint density at radius 3 is 2.94 bits per heavy atom. The van der Waals surface area contributed by atoms with Crippen molar-refractivity contribution in [3.63, 3.8) is 0 Å². The van der Waals surface area contributed by atoms with E-state index in [1.807, 2.05) is 13.0 Å². The molecule has 1 aromatic rings. The van der Waals surface area contributed by atoms with E-state index >= 15 is 0 Å². The highest BCUT2D eigenvalue weighted by Gasteiger charge is 2.30. The maximum atomic E-state index is 13.8. The van der Waals surface area contributed by atoms with Crippen molar-refractivity contribution >= 4 is 5.69 Å². The summed E-state index contributed by atoms with van der Waals surface area (Å²) in [5, 5.41) is 0. The fourth-order valence-corrected chi connectivity index (χ4v) is 2.60. The second-order valence-electron chi connectivity index (χ2n) is 4.62. The Bertz CT molecular complexity index is 376. The predicted molar refractivity (Wildman–Crippen MR) is 65.3 cm³/mol. The number of hydrogen-bond donors (Lipinski definition) is 1. The zero-order chi connectivity index (χ0) is 11.7. The van der Waals surface area contributed by atoms with Crippen LogP contribution in [-0.4, -0.2) is 19.1 Å². The third-order valence-corrected chi connectivity index (χ3v) is 3.26. The van der Waals surface area contributed by atoms with E-state index in [2.05, 4.69) is 11.8 Å². The summed E-state index contributed by atoms with van der Waals surface area (Å²) < 4.78 is 13.8. The Hall–Kier alpha value is -1.09. The average molecular weight is 222 g/mol. The number of hydrogen-bond acceptors (Lipinski definition) is 2. The van der Waals surface area contributed by atoms with Crippen molar-refractivity contribution in [2.75, 3.05) is 18.0 Å². The van der Waals surface area contributed by atoms with Crippen molar-refractivity contribution in [1.82, 2.24) is 0 Å². The first-order valence-corrected chi connectivity index (χ1v) is 5.92. The maximum Gasteiger partial charge on any atom is 0.128 e. The van der Waals surface area contributed by atoms with Crippen molar-refractivity contribution in [1.29, 1.82) is 0 Å². The quantitative estimate of drug-likeness (QED) is 0.851. The van der Waals surface area contributed by atoms with Crippen molar-refractivity contribution in [3.8, 4) is 0 Å². The lowest BCUT2D eigenvalue weighted by Crippen LogP contribution is -2.24. The van der Waals surface area contributed by atoms with Crippen LogP contribution >= 0.6 is 0 Å². The number of anilines is 1. The molecule has 0 saturated carbocycles. The van der Waals surface area contributed by atoms with Crippen LogP contribution in [0.15, 0.2) is 18.2 Å². The van der Waals surface area contributed by atoms with Gasteiger partial charge in [-0.05, 0) is 32.4 Å². The summed E-state index contributed by atoms with van der Waals surface area (Å²) >= 11 is 0. The van der Waals surface area contributed by atoms with E-state index in [0.29, 0.717) is 0 Å². The van der Waals surface area contributed by atoms with Gasteiger partial charge in [-0.3, -0.25) is 0 Å². The van der Waals surface area contributed by atoms with Crippen molar-refractivity contribution < 1.29 is 4.39 Å². The molecule has 2 nitrogen and oxygen atoms in total. The molecule has 3 heteroatoms. The average Bonchev–Trinajstić information content (AvgIpc) is 2.57. The van der Waals surface area contributed by atoms with E-state index in [1.165, 1.54) is 0 Å². The fourth-order valence-electron chi connectivity index (χ4n) is 2.60.